The first-order valence-electron chi connectivity index (χ1n) is 9.29. The number of carbonyl (C=O) groups excluding carboxylic acids is 1. The zero-order valence-corrected chi connectivity index (χ0v) is 18.2. The van der Waals surface area contributed by atoms with Crippen molar-refractivity contribution in [1.82, 2.24) is 9.55 Å². The van der Waals surface area contributed by atoms with Crippen molar-refractivity contribution in [3.63, 3.8) is 0 Å². The van der Waals surface area contributed by atoms with Gasteiger partial charge in [-0.1, -0.05) is 30.0 Å². The highest BCUT2D eigenvalue weighted by molar-refractivity contribution is 7.99. The summed E-state index contributed by atoms with van der Waals surface area (Å²) in [5.41, 5.74) is 2.65. The number of aryl methyl sites for hydroxylation is 2. The predicted octanol–water partition coefficient (Wildman–Crippen LogP) is 5.07. The summed E-state index contributed by atoms with van der Waals surface area (Å²) in [7, 11) is 0. The molecule has 31 heavy (non-hydrogen) atoms. The van der Waals surface area contributed by atoms with Crippen LogP contribution in [-0.4, -0.2) is 21.2 Å². The van der Waals surface area contributed by atoms with Crippen LogP contribution in [-0.2, 0) is 4.79 Å². The third kappa shape index (κ3) is 4.38. The van der Waals surface area contributed by atoms with E-state index in [1.165, 1.54) is 11.3 Å². The Hall–Kier alpha value is -3.04. The van der Waals surface area contributed by atoms with E-state index in [9.17, 15) is 18.4 Å². The summed E-state index contributed by atoms with van der Waals surface area (Å²) in [5.74, 6) is -1.93. The van der Waals surface area contributed by atoms with Gasteiger partial charge in [0.05, 0.1) is 17.0 Å². The number of benzene rings is 2. The Morgan fingerprint density at radius 1 is 1.13 bits per heavy atom. The van der Waals surface area contributed by atoms with E-state index in [4.69, 9.17) is 0 Å². The number of para-hydroxylation sites is 1. The molecule has 4 aromatic rings. The van der Waals surface area contributed by atoms with Gasteiger partial charge in [-0.2, -0.15) is 0 Å². The van der Waals surface area contributed by atoms with E-state index < -0.39 is 17.2 Å². The second-order valence-corrected chi connectivity index (χ2v) is 8.76. The van der Waals surface area contributed by atoms with Crippen molar-refractivity contribution in [3.8, 4) is 5.69 Å². The lowest BCUT2D eigenvalue weighted by atomic mass is 10.1. The van der Waals surface area contributed by atoms with Crippen LogP contribution in [0.5, 0.6) is 0 Å². The number of hydrogen-bond acceptors (Lipinski definition) is 5. The summed E-state index contributed by atoms with van der Waals surface area (Å²) < 4.78 is 29.1. The number of anilines is 1. The van der Waals surface area contributed by atoms with Crippen LogP contribution < -0.4 is 10.9 Å². The minimum Gasteiger partial charge on any atom is -0.325 e. The van der Waals surface area contributed by atoms with Crippen LogP contribution in [0.1, 0.15) is 11.1 Å². The van der Waals surface area contributed by atoms with Gasteiger partial charge in [0.25, 0.3) is 5.56 Å². The summed E-state index contributed by atoms with van der Waals surface area (Å²) in [4.78, 5) is 30.1. The number of carbonyl (C=O) groups is 1. The third-order valence-corrected chi connectivity index (χ3v) is 6.46. The molecular weight excluding hydrogens is 440 g/mol. The van der Waals surface area contributed by atoms with Gasteiger partial charge < -0.3 is 5.32 Å². The van der Waals surface area contributed by atoms with Crippen LogP contribution in [0.2, 0.25) is 0 Å². The highest BCUT2D eigenvalue weighted by atomic mass is 32.2. The van der Waals surface area contributed by atoms with E-state index in [-0.39, 0.29) is 22.5 Å². The van der Waals surface area contributed by atoms with Crippen molar-refractivity contribution in [2.45, 2.75) is 19.0 Å². The Morgan fingerprint density at radius 2 is 1.81 bits per heavy atom. The Bertz CT molecular complexity index is 1320. The van der Waals surface area contributed by atoms with Crippen molar-refractivity contribution in [1.29, 1.82) is 0 Å². The van der Waals surface area contributed by atoms with Gasteiger partial charge in [0.2, 0.25) is 5.91 Å². The number of thiophene rings is 1. The fraction of sp³-hybridized carbons (Fsp3) is 0.136. The van der Waals surface area contributed by atoms with E-state index in [1.54, 1.807) is 11.4 Å². The second-order valence-electron chi connectivity index (χ2n) is 6.90. The van der Waals surface area contributed by atoms with E-state index in [2.05, 4.69) is 10.3 Å². The molecule has 0 spiro atoms. The van der Waals surface area contributed by atoms with Crippen LogP contribution in [0, 0.1) is 25.5 Å². The molecule has 5 nitrogen and oxygen atoms in total. The predicted molar refractivity (Wildman–Crippen MR) is 120 cm³/mol. The summed E-state index contributed by atoms with van der Waals surface area (Å²) in [6, 6.07) is 10.3. The molecule has 4 rings (SSSR count). The number of rotatable bonds is 5. The van der Waals surface area contributed by atoms with Crippen molar-refractivity contribution in [3.05, 3.63) is 81.0 Å². The van der Waals surface area contributed by atoms with E-state index in [0.717, 1.165) is 51.3 Å². The molecule has 0 radical (unpaired) electrons. The summed E-state index contributed by atoms with van der Waals surface area (Å²) in [6.45, 7) is 3.80. The molecule has 9 heteroatoms. The summed E-state index contributed by atoms with van der Waals surface area (Å²) in [5, 5.41) is 4.78. The maximum atomic E-state index is 13.8. The molecule has 2 heterocycles. The van der Waals surface area contributed by atoms with Gasteiger partial charge in [0.15, 0.2) is 5.16 Å². The third-order valence-electron chi connectivity index (χ3n) is 4.63. The topological polar surface area (TPSA) is 64.0 Å². The molecule has 2 aromatic heterocycles. The lowest BCUT2D eigenvalue weighted by Gasteiger charge is -2.14. The number of fused-ring (bicyclic) bond motifs is 1. The zero-order valence-electron chi connectivity index (χ0n) is 16.6. The van der Waals surface area contributed by atoms with Crippen LogP contribution >= 0.6 is 23.1 Å². The Balaban J connectivity index is 1.68. The van der Waals surface area contributed by atoms with E-state index >= 15 is 0 Å². The minimum atomic E-state index is -0.808. The van der Waals surface area contributed by atoms with Crippen molar-refractivity contribution < 1.29 is 13.6 Å². The highest BCUT2D eigenvalue weighted by Crippen LogP contribution is 2.25. The van der Waals surface area contributed by atoms with Gasteiger partial charge in [-0.25, -0.2) is 13.8 Å². The van der Waals surface area contributed by atoms with Gasteiger partial charge in [-0.15, -0.1) is 11.3 Å². The fourth-order valence-corrected chi connectivity index (χ4v) is 4.77. The molecule has 0 bridgehead atoms. The van der Waals surface area contributed by atoms with Crippen molar-refractivity contribution >= 4 is 44.9 Å². The fourth-order valence-electron chi connectivity index (χ4n) is 3.20. The molecule has 158 valence electrons. The van der Waals surface area contributed by atoms with E-state index in [1.807, 2.05) is 32.0 Å². The molecule has 0 fully saturated rings. The average molecular weight is 458 g/mol. The largest absolute Gasteiger partial charge is 0.325 e. The lowest BCUT2D eigenvalue weighted by molar-refractivity contribution is -0.113. The normalized spacial score (nSPS) is 11.1. The molecule has 0 aliphatic heterocycles. The Morgan fingerprint density at radius 3 is 2.48 bits per heavy atom. The monoisotopic (exact) mass is 457 g/mol. The first-order valence-corrected chi connectivity index (χ1v) is 11.2. The maximum absolute atomic E-state index is 13.8. The first kappa shape index (κ1) is 21.2. The SMILES string of the molecule is Cc1cccc(C)c1NC(=O)CSc1nc2ccsc2c(=O)n1-c1cc(F)cc(F)c1. The van der Waals surface area contributed by atoms with Gasteiger partial charge in [0.1, 0.15) is 16.3 Å². The average Bonchev–Trinajstić information content (AvgIpc) is 3.17. The molecule has 0 atom stereocenters. The van der Waals surface area contributed by atoms with Crippen molar-refractivity contribution in [2.24, 2.45) is 0 Å². The number of nitrogens with one attached hydrogen (secondary N) is 1. The second kappa shape index (κ2) is 8.60. The van der Waals surface area contributed by atoms with Crippen molar-refractivity contribution in [2.75, 3.05) is 11.1 Å². The molecule has 1 N–H and O–H groups in total. The van der Waals surface area contributed by atoms with Crippen LogP contribution in [0.3, 0.4) is 0 Å². The van der Waals surface area contributed by atoms with Crippen LogP contribution in [0.15, 0.2) is 57.8 Å². The molecule has 1 amide bonds. The number of hydrogen-bond donors (Lipinski definition) is 1. The summed E-state index contributed by atoms with van der Waals surface area (Å²) >= 11 is 2.22. The van der Waals surface area contributed by atoms with Gasteiger partial charge in [-0.3, -0.25) is 14.2 Å². The Labute approximate surface area is 184 Å². The molecule has 0 saturated carbocycles. The number of halogens is 2. The van der Waals surface area contributed by atoms with Crippen LogP contribution in [0.4, 0.5) is 14.5 Å². The molecule has 0 aliphatic carbocycles. The minimum absolute atomic E-state index is 0.0166. The quantitative estimate of drug-likeness (QED) is 0.336. The molecule has 0 aliphatic rings. The smallest absolute Gasteiger partial charge is 0.276 e. The summed E-state index contributed by atoms with van der Waals surface area (Å²) in [6.07, 6.45) is 0. The van der Waals surface area contributed by atoms with E-state index in [0.29, 0.717) is 10.2 Å². The maximum Gasteiger partial charge on any atom is 0.276 e. The van der Waals surface area contributed by atoms with Crippen LogP contribution in [0.25, 0.3) is 15.9 Å². The zero-order chi connectivity index (χ0) is 22.1. The Kier molecular flexibility index (Phi) is 5.88. The lowest BCUT2D eigenvalue weighted by Crippen LogP contribution is -2.22. The number of thioether (sulfide) groups is 1. The highest BCUT2D eigenvalue weighted by Gasteiger charge is 2.17. The molecular formula is C22H17F2N3O2S2. The number of nitrogens with zero attached hydrogens (tertiary/aromatic N) is 2. The van der Waals surface area contributed by atoms with Gasteiger partial charge in [0, 0.05) is 11.8 Å². The number of aromatic nitrogens is 2. The molecule has 0 unspecified atom stereocenters. The molecule has 0 saturated heterocycles. The van der Waals surface area contributed by atoms with Gasteiger partial charge in [-0.05, 0) is 48.6 Å². The molecule has 2 aromatic carbocycles. The number of amides is 1. The van der Waals surface area contributed by atoms with Gasteiger partial charge >= 0.3 is 0 Å². The first-order chi connectivity index (χ1) is 14.8. The standard InChI is InChI=1S/C22H17F2N3O2S2/c1-12-4-3-5-13(2)19(12)26-18(28)11-31-22-25-17-6-7-30-20(17)21(29)27(22)16-9-14(23)8-15(24)10-16/h3-10H,11H2,1-2H3,(H,26,28).